The van der Waals surface area contributed by atoms with Gasteiger partial charge in [0.2, 0.25) is 10.0 Å². The van der Waals surface area contributed by atoms with Gasteiger partial charge in [0.1, 0.15) is 0 Å². The highest BCUT2D eigenvalue weighted by Crippen LogP contribution is 2.19. The molecule has 0 heterocycles. The van der Waals surface area contributed by atoms with Crippen LogP contribution in [0, 0.1) is 11.3 Å². The zero-order valence-electron chi connectivity index (χ0n) is 23.2. The Morgan fingerprint density at radius 1 is 0.559 bits per heavy atom. The monoisotopic (exact) mass is 498 g/mol. The molecule has 0 aromatic carbocycles. The van der Waals surface area contributed by atoms with Crippen molar-refractivity contribution in [2.45, 2.75) is 167 Å². The summed E-state index contributed by atoms with van der Waals surface area (Å²) in [5, 5.41) is 8.80. The van der Waals surface area contributed by atoms with Gasteiger partial charge in [-0.05, 0) is 19.3 Å². The van der Waals surface area contributed by atoms with Gasteiger partial charge in [0.25, 0.3) is 0 Å². The van der Waals surface area contributed by atoms with Crippen molar-refractivity contribution in [1.29, 1.82) is 5.26 Å². The standard InChI is InChI=1S/C29H58N2O2S/c1-4-7-10-13-15-17-20-23-26-31(27-24-21-18-16-14-11-8-5-2)34(32,33)29(28-30)25-22-19-12-9-6-3/h29H,4-27H2,1-3H3. The Kier molecular flexibility index (Phi) is 23.7. The normalized spacial score (nSPS) is 12.8. The molecule has 0 bridgehead atoms. The van der Waals surface area contributed by atoms with Crippen LogP contribution < -0.4 is 0 Å². The summed E-state index contributed by atoms with van der Waals surface area (Å²) in [5.41, 5.74) is 0. The fourth-order valence-electron chi connectivity index (χ4n) is 4.60. The van der Waals surface area contributed by atoms with E-state index in [1.54, 1.807) is 4.31 Å². The summed E-state index contributed by atoms with van der Waals surface area (Å²) in [7, 11) is -3.54. The average molecular weight is 499 g/mol. The molecule has 0 spiro atoms. The van der Waals surface area contributed by atoms with Crippen molar-refractivity contribution in [3.05, 3.63) is 0 Å². The van der Waals surface area contributed by atoms with Gasteiger partial charge in [-0.15, -0.1) is 0 Å². The zero-order valence-corrected chi connectivity index (χ0v) is 24.0. The first-order valence-electron chi connectivity index (χ1n) is 14.9. The minimum Gasteiger partial charge on any atom is -0.211 e. The Balaban J connectivity index is 4.63. The van der Waals surface area contributed by atoms with Gasteiger partial charge in [0.05, 0.1) is 6.07 Å². The topological polar surface area (TPSA) is 61.2 Å². The van der Waals surface area contributed by atoms with E-state index in [1.807, 2.05) is 0 Å². The number of sulfonamides is 1. The molecule has 34 heavy (non-hydrogen) atoms. The summed E-state index contributed by atoms with van der Waals surface area (Å²) in [5.74, 6) is 0. The van der Waals surface area contributed by atoms with E-state index in [-0.39, 0.29) is 0 Å². The molecule has 0 rings (SSSR count). The second kappa shape index (κ2) is 24.1. The van der Waals surface area contributed by atoms with E-state index >= 15 is 0 Å². The first kappa shape index (κ1) is 33.4. The summed E-state index contributed by atoms with van der Waals surface area (Å²) in [6.07, 6.45) is 25.1. The minimum absolute atomic E-state index is 0.480. The highest BCUT2D eigenvalue weighted by atomic mass is 32.2. The average Bonchev–Trinajstić information content (AvgIpc) is 2.83. The molecule has 0 aliphatic heterocycles. The van der Waals surface area contributed by atoms with Gasteiger partial charge in [0.15, 0.2) is 5.25 Å². The summed E-state index contributed by atoms with van der Waals surface area (Å²) in [6, 6.07) is 2.14. The summed E-state index contributed by atoms with van der Waals surface area (Å²) in [4.78, 5) is 0. The molecular formula is C29H58N2O2S. The van der Waals surface area contributed by atoms with Crippen molar-refractivity contribution >= 4 is 10.0 Å². The second-order valence-corrected chi connectivity index (χ2v) is 12.3. The third kappa shape index (κ3) is 17.8. The van der Waals surface area contributed by atoms with Gasteiger partial charge < -0.3 is 0 Å². The highest BCUT2D eigenvalue weighted by molar-refractivity contribution is 7.90. The van der Waals surface area contributed by atoms with E-state index < -0.39 is 15.3 Å². The molecule has 0 saturated heterocycles. The van der Waals surface area contributed by atoms with Crippen molar-refractivity contribution < 1.29 is 8.42 Å². The summed E-state index contributed by atoms with van der Waals surface area (Å²) >= 11 is 0. The van der Waals surface area contributed by atoms with Crippen molar-refractivity contribution in [3.8, 4) is 6.07 Å². The lowest BCUT2D eigenvalue weighted by atomic mass is 10.1. The van der Waals surface area contributed by atoms with Crippen LogP contribution in [0.15, 0.2) is 0 Å². The third-order valence-electron chi connectivity index (χ3n) is 6.96. The molecule has 1 unspecified atom stereocenters. The minimum atomic E-state index is -3.54. The van der Waals surface area contributed by atoms with Crippen molar-refractivity contribution in [1.82, 2.24) is 4.31 Å². The lowest BCUT2D eigenvalue weighted by Gasteiger charge is -2.25. The van der Waals surface area contributed by atoms with Gasteiger partial charge in [0, 0.05) is 13.1 Å². The Morgan fingerprint density at radius 3 is 1.24 bits per heavy atom. The van der Waals surface area contributed by atoms with E-state index in [0.717, 1.165) is 44.9 Å². The molecule has 0 aliphatic rings. The fourth-order valence-corrected chi connectivity index (χ4v) is 6.33. The van der Waals surface area contributed by atoms with Gasteiger partial charge in [-0.1, -0.05) is 143 Å². The van der Waals surface area contributed by atoms with E-state index in [2.05, 4.69) is 26.8 Å². The van der Waals surface area contributed by atoms with Crippen molar-refractivity contribution in [2.24, 2.45) is 0 Å². The Morgan fingerprint density at radius 2 is 0.882 bits per heavy atom. The maximum Gasteiger partial charge on any atom is 0.230 e. The van der Waals surface area contributed by atoms with Gasteiger partial charge in [-0.3, -0.25) is 0 Å². The van der Waals surface area contributed by atoms with Crippen LogP contribution in [0.4, 0.5) is 0 Å². The summed E-state index contributed by atoms with van der Waals surface area (Å²) in [6.45, 7) is 7.82. The largest absolute Gasteiger partial charge is 0.230 e. The van der Waals surface area contributed by atoms with E-state index in [0.29, 0.717) is 19.5 Å². The zero-order chi connectivity index (χ0) is 25.3. The van der Waals surface area contributed by atoms with Gasteiger partial charge in [-0.2, -0.15) is 5.26 Å². The van der Waals surface area contributed by atoms with Gasteiger partial charge in [-0.25, -0.2) is 12.7 Å². The summed E-state index contributed by atoms with van der Waals surface area (Å²) < 4.78 is 28.4. The van der Waals surface area contributed by atoms with E-state index in [4.69, 9.17) is 0 Å². The third-order valence-corrected chi connectivity index (χ3v) is 9.10. The molecule has 4 nitrogen and oxygen atoms in total. The Bertz CT molecular complexity index is 551. The molecule has 1 atom stereocenters. The van der Waals surface area contributed by atoms with Crippen LogP contribution in [0.25, 0.3) is 0 Å². The second-order valence-electron chi connectivity index (χ2n) is 10.2. The number of nitrogens with zero attached hydrogens (tertiary/aromatic N) is 2. The SMILES string of the molecule is CCCCCCCCCCN(CCCCCCCCCC)S(=O)(=O)C(C#N)CCCCCCC. The predicted molar refractivity (Wildman–Crippen MR) is 148 cm³/mol. The van der Waals surface area contributed by atoms with Crippen molar-refractivity contribution in [2.75, 3.05) is 13.1 Å². The first-order valence-corrected chi connectivity index (χ1v) is 16.4. The number of hydrogen-bond donors (Lipinski definition) is 0. The van der Waals surface area contributed by atoms with Crippen LogP contribution in [0.5, 0.6) is 0 Å². The van der Waals surface area contributed by atoms with Crippen LogP contribution in [0.1, 0.15) is 162 Å². The van der Waals surface area contributed by atoms with Crippen LogP contribution in [-0.2, 0) is 10.0 Å². The Hall–Kier alpha value is -0.600. The molecule has 0 aromatic rings. The van der Waals surface area contributed by atoms with Crippen LogP contribution in [-0.4, -0.2) is 31.1 Å². The highest BCUT2D eigenvalue weighted by Gasteiger charge is 2.31. The maximum absolute atomic E-state index is 13.4. The quantitative estimate of drug-likeness (QED) is 0.112. The predicted octanol–water partition coefficient (Wildman–Crippen LogP) is 9.15. The molecule has 0 amide bonds. The van der Waals surface area contributed by atoms with E-state index in [9.17, 15) is 13.7 Å². The van der Waals surface area contributed by atoms with Crippen LogP contribution >= 0.6 is 0 Å². The van der Waals surface area contributed by atoms with Crippen LogP contribution in [0.3, 0.4) is 0 Å². The number of unbranched alkanes of at least 4 members (excludes halogenated alkanes) is 18. The molecule has 0 aromatic heterocycles. The Labute approximate surface area is 214 Å². The maximum atomic E-state index is 13.4. The number of hydrogen-bond acceptors (Lipinski definition) is 3. The fraction of sp³-hybridized carbons (Fsp3) is 0.966. The van der Waals surface area contributed by atoms with E-state index in [1.165, 1.54) is 89.9 Å². The molecule has 202 valence electrons. The first-order chi connectivity index (χ1) is 16.5. The lowest BCUT2D eigenvalue weighted by molar-refractivity contribution is 0.378. The van der Waals surface area contributed by atoms with Crippen molar-refractivity contribution in [3.63, 3.8) is 0 Å². The molecule has 0 fully saturated rings. The lowest BCUT2D eigenvalue weighted by Crippen LogP contribution is -2.39. The smallest absolute Gasteiger partial charge is 0.211 e. The molecule has 0 radical (unpaired) electrons. The van der Waals surface area contributed by atoms with Crippen LogP contribution in [0.2, 0.25) is 0 Å². The molecular weight excluding hydrogens is 440 g/mol. The number of rotatable bonds is 26. The van der Waals surface area contributed by atoms with Gasteiger partial charge >= 0.3 is 0 Å². The molecule has 0 N–H and O–H groups in total. The molecule has 0 aliphatic carbocycles. The molecule has 0 saturated carbocycles. The molecule has 5 heteroatoms. The number of nitriles is 1.